The summed E-state index contributed by atoms with van der Waals surface area (Å²) in [6, 6.07) is 12.4. The number of nitrogens with zero attached hydrogens (tertiary/aromatic N) is 3. The Morgan fingerprint density at radius 3 is 2.75 bits per heavy atom. The summed E-state index contributed by atoms with van der Waals surface area (Å²) in [5.41, 5.74) is 1.85. The summed E-state index contributed by atoms with van der Waals surface area (Å²) in [4.78, 5) is 31.3. The Hall–Kier alpha value is -2.90. The van der Waals surface area contributed by atoms with E-state index in [1.165, 1.54) is 10.9 Å². The lowest BCUT2D eigenvalue weighted by molar-refractivity contribution is -0.116. The highest BCUT2D eigenvalue weighted by atomic mass is 35.5. The van der Waals surface area contributed by atoms with E-state index in [9.17, 15) is 9.59 Å². The molecule has 1 N–H and O–H groups in total. The van der Waals surface area contributed by atoms with E-state index in [-0.39, 0.29) is 18.0 Å². The third-order valence-electron chi connectivity index (χ3n) is 4.63. The molecule has 0 saturated carbocycles. The molecule has 4 rings (SSSR count). The van der Waals surface area contributed by atoms with Crippen molar-refractivity contribution in [3.63, 3.8) is 0 Å². The normalized spacial score (nSPS) is 14.2. The number of ether oxygens (including phenoxy) is 1. The largest absolute Gasteiger partial charge is 0.378 e. The summed E-state index contributed by atoms with van der Waals surface area (Å²) >= 11 is 6.40. The van der Waals surface area contributed by atoms with Crippen LogP contribution >= 0.6 is 11.6 Å². The number of morpholine rings is 1. The molecule has 1 aliphatic heterocycles. The summed E-state index contributed by atoms with van der Waals surface area (Å²) in [6.07, 6.45) is 1.39. The molecule has 1 amide bonds. The molecule has 7 nitrogen and oxygen atoms in total. The SMILES string of the molecule is O=C(Cn1cnc2ccccc2c1=O)Nc1ccc(N2CCOCC2)c(Cl)c1. The number of carbonyl (C=O) groups is 1. The van der Waals surface area contributed by atoms with Crippen LogP contribution in [0.25, 0.3) is 10.9 Å². The molecule has 1 fully saturated rings. The summed E-state index contributed by atoms with van der Waals surface area (Å²) in [5, 5.41) is 3.82. The van der Waals surface area contributed by atoms with Gasteiger partial charge in [-0.25, -0.2) is 4.98 Å². The van der Waals surface area contributed by atoms with Crippen molar-refractivity contribution < 1.29 is 9.53 Å². The van der Waals surface area contributed by atoms with Gasteiger partial charge in [-0.3, -0.25) is 14.2 Å². The van der Waals surface area contributed by atoms with Crippen molar-refractivity contribution in [2.75, 3.05) is 36.5 Å². The van der Waals surface area contributed by atoms with Crippen LogP contribution in [0.2, 0.25) is 5.02 Å². The molecule has 0 radical (unpaired) electrons. The lowest BCUT2D eigenvalue weighted by Gasteiger charge is -2.29. The molecule has 0 aliphatic carbocycles. The number of amides is 1. The van der Waals surface area contributed by atoms with Crippen molar-refractivity contribution in [2.24, 2.45) is 0 Å². The van der Waals surface area contributed by atoms with E-state index in [4.69, 9.17) is 16.3 Å². The molecule has 8 heteroatoms. The molecule has 0 unspecified atom stereocenters. The Morgan fingerprint density at radius 1 is 1.18 bits per heavy atom. The second-order valence-electron chi connectivity index (χ2n) is 6.51. The van der Waals surface area contributed by atoms with E-state index in [1.807, 2.05) is 12.1 Å². The molecule has 0 atom stereocenters. The molecule has 144 valence electrons. The van der Waals surface area contributed by atoms with E-state index in [2.05, 4.69) is 15.2 Å². The first-order valence-electron chi connectivity index (χ1n) is 8.98. The Balaban J connectivity index is 1.47. The van der Waals surface area contributed by atoms with E-state index in [1.54, 1.807) is 30.3 Å². The molecular formula is C20H19ClN4O3. The average Bonchev–Trinajstić information content (AvgIpc) is 2.71. The molecule has 1 aliphatic rings. The number of hydrogen-bond acceptors (Lipinski definition) is 5. The van der Waals surface area contributed by atoms with Gasteiger partial charge in [0.05, 0.1) is 41.2 Å². The number of rotatable bonds is 4. The Kier molecular flexibility index (Phi) is 5.27. The monoisotopic (exact) mass is 398 g/mol. The van der Waals surface area contributed by atoms with Gasteiger partial charge in [-0.15, -0.1) is 0 Å². The fourth-order valence-corrected chi connectivity index (χ4v) is 3.52. The summed E-state index contributed by atoms with van der Waals surface area (Å²) in [6.45, 7) is 2.78. The molecular weight excluding hydrogens is 380 g/mol. The fourth-order valence-electron chi connectivity index (χ4n) is 3.22. The van der Waals surface area contributed by atoms with Gasteiger partial charge in [0.1, 0.15) is 6.54 Å². The topological polar surface area (TPSA) is 76.5 Å². The van der Waals surface area contributed by atoms with Gasteiger partial charge >= 0.3 is 0 Å². The minimum absolute atomic E-state index is 0.125. The second kappa shape index (κ2) is 8.00. The predicted octanol–water partition coefficient (Wildman–Crippen LogP) is 2.53. The van der Waals surface area contributed by atoms with Gasteiger partial charge in [0.15, 0.2) is 0 Å². The number of hydrogen-bond donors (Lipinski definition) is 1. The van der Waals surface area contributed by atoms with Crippen LogP contribution in [0.5, 0.6) is 0 Å². The zero-order chi connectivity index (χ0) is 19.5. The first kappa shape index (κ1) is 18.5. The van der Waals surface area contributed by atoms with Gasteiger partial charge < -0.3 is 15.0 Å². The predicted molar refractivity (Wildman–Crippen MR) is 109 cm³/mol. The smallest absolute Gasteiger partial charge is 0.261 e. The van der Waals surface area contributed by atoms with Gasteiger partial charge in [0.2, 0.25) is 5.91 Å². The third kappa shape index (κ3) is 3.85. The summed E-state index contributed by atoms with van der Waals surface area (Å²) < 4.78 is 6.65. The highest BCUT2D eigenvalue weighted by Crippen LogP contribution is 2.29. The maximum absolute atomic E-state index is 12.5. The molecule has 0 bridgehead atoms. The number of halogens is 1. The standard InChI is InChI=1S/C20H19ClN4O3/c21-16-11-14(5-6-18(16)24-7-9-28-10-8-24)23-19(26)12-25-13-22-17-4-2-1-3-15(17)20(25)27/h1-6,11,13H,7-10,12H2,(H,23,26). The number of nitrogens with one attached hydrogen (secondary N) is 1. The maximum Gasteiger partial charge on any atom is 0.261 e. The second-order valence-corrected chi connectivity index (χ2v) is 6.92. The molecule has 2 heterocycles. The Labute approximate surface area is 166 Å². The molecule has 0 spiro atoms. The van der Waals surface area contributed by atoms with Crippen LogP contribution < -0.4 is 15.8 Å². The molecule has 28 heavy (non-hydrogen) atoms. The van der Waals surface area contributed by atoms with Crippen molar-refractivity contribution in [2.45, 2.75) is 6.54 Å². The van der Waals surface area contributed by atoms with Crippen LogP contribution in [0.15, 0.2) is 53.6 Å². The summed E-state index contributed by atoms with van der Waals surface area (Å²) in [7, 11) is 0. The van der Waals surface area contributed by atoms with Crippen molar-refractivity contribution in [3.05, 3.63) is 64.2 Å². The van der Waals surface area contributed by atoms with Crippen molar-refractivity contribution in [3.8, 4) is 0 Å². The van der Waals surface area contributed by atoms with Crippen LogP contribution in [-0.2, 0) is 16.1 Å². The van der Waals surface area contributed by atoms with Gasteiger partial charge in [-0.1, -0.05) is 23.7 Å². The number of fused-ring (bicyclic) bond motifs is 1. The summed E-state index contributed by atoms with van der Waals surface area (Å²) in [5.74, 6) is -0.325. The zero-order valence-corrected chi connectivity index (χ0v) is 15.9. The quantitative estimate of drug-likeness (QED) is 0.730. The van der Waals surface area contributed by atoms with Gasteiger partial charge in [0.25, 0.3) is 5.56 Å². The van der Waals surface area contributed by atoms with Crippen LogP contribution in [0, 0.1) is 0 Å². The first-order valence-corrected chi connectivity index (χ1v) is 9.36. The van der Waals surface area contributed by atoms with Gasteiger partial charge in [-0.2, -0.15) is 0 Å². The molecule has 1 aromatic heterocycles. The van der Waals surface area contributed by atoms with Crippen molar-refractivity contribution >= 4 is 39.8 Å². The number of aromatic nitrogens is 2. The minimum Gasteiger partial charge on any atom is -0.378 e. The molecule has 1 saturated heterocycles. The van der Waals surface area contributed by atoms with E-state index >= 15 is 0 Å². The van der Waals surface area contributed by atoms with E-state index in [0.29, 0.717) is 34.8 Å². The van der Waals surface area contributed by atoms with E-state index in [0.717, 1.165) is 18.8 Å². The van der Waals surface area contributed by atoms with Crippen LogP contribution in [-0.4, -0.2) is 41.8 Å². The lowest BCUT2D eigenvalue weighted by atomic mass is 10.2. The van der Waals surface area contributed by atoms with E-state index < -0.39 is 0 Å². The lowest BCUT2D eigenvalue weighted by Crippen LogP contribution is -2.36. The van der Waals surface area contributed by atoms with Crippen molar-refractivity contribution in [1.82, 2.24) is 9.55 Å². The highest BCUT2D eigenvalue weighted by Gasteiger charge is 2.15. The van der Waals surface area contributed by atoms with Crippen LogP contribution in [0.1, 0.15) is 0 Å². The van der Waals surface area contributed by atoms with Crippen LogP contribution in [0.3, 0.4) is 0 Å². The third-order valence-corrected chi connectivity index (χ3v) is 4.93. The van der Waals surface area contributed by atoms with Crippen LogP contribution in [0.4, 0.5) is 11.4 Å². The fraction of sp³-hybridized carbons (Fsp3) is 0.250. The number of benzene rings is 2. The first-order chi connectivity index (χ1) is 13.6. The van der Waals surface area contributed by atoms with Gasteiger partial charge in [0, 0.05) is 18.8 Å². The average molecular weight is 399 g/mol. The van der Waals surface area contributed by atoms with Gasteiger partial charge in [-0.05, 0) is 30.3 Å². The Morgan fingerprint density at radius 2 is 1.96 bits per heavy atom. The number of para-hydroxylation sites is 1. The highest BCUT2D eigenvalue weighted by molar-refractivity contribution is 6.33. The molecule has 3 aromatic rings. The number of anilines is 2. The zero-order valence-electron chi connectivity index (χ0n) is 15.1. The number of carbonyl (C=O) groups excluding carboxylic acids is 1. The maximum atomic E-state index is 12.5. The Bertz CT molecular complexity index is 1080. The minimum atomic E-state index is -0.325. The molecule has 2 aromatic carbocycles. The van der Waals surface area contributed by atoms with Crippen molar-refractivity contribution in [1.29, 1.82) is 0 Å².